The zero-order chi connectivity index (χ0) is 34.7. The Kier molecular flexibility index (Phi) is 10.2. The van der Waals surface area contributed by atoms with Crippen molar-refractivity contribution in [2.45, 2.75) is 62.7 Å². The molecule has 4 heterocycles. The summed E-state index contributed by atoms with van der Waals surface area (Å²) in [5, 5.41) is 5.34. The molecule has 0 N–H and O–H groups in total. The van der Waals surface area contributed by atoms with Gasteiger partial charge in [-0.05, 0) is 68.2 Å². The lowest BCUT2D eigenvalue weighted by atomic mass is 9.81. The van der Waals surface area contributed by atoms with E-state index < -0.39 is 32.7 Å². The van der Waals surface area contributed by atoms with Gasteiger partial charge in [-0.3, -0.25) is 4.79 Å². The molecule has 0 atom stereocenters. The van der Waals surface area contributed by atoms with Crippen LogP contribution in [0.1, 0.15) is 72.6 Å². The fraction of sp³-hybridized carbons (Fsp3) is 0.474. The van der Waals surface area contributed by atoms with Gasteiger partial charge < -0.3 is 19.3 Å². The smallest absolute Gasteiger partial charge is 0.410 e. The van der Waals surface area contributed by atoms with Crippen LogP contribution in [-0.4, -0.2) is 90.9 Å². The molecule has 3 fully saturated rings. The second kappa shape index (κ2) is 14.9. The molecule has 0 spiro atoms. The minimum atomic E-state index is -3.82. The van der Waals surface area contributed by atoms with Crippen molar-refractivity contribution < 1.29 is 27.5 Å². The molecule has 4 aromatic rings. The molecule has 2 aromatic heterocycles. The molecule has 2 saturated heterocycles. The average molecular weight is 700 g/mol. The van der Waals surface area contributed by atoms with E-state index in [0.29, 0.717) is 24.1 Å². The molecule has 11 nitrogen and oxygen atoms in total. The van der Waals surface area contributed by atoms with Gasteiger partial charge in [0, 0.05) is 45.8 Å². The van der Waals surface area contributed by atoms with Gasteiger partial charge in [0.05, 0.1) is 27.7 Å². The van der Waals surface area contributed by atoms with Crippen LogP contribution in [0.4, 0.5) is 10.5 Å². The fourth-order valence-electron chi connectivity index (χ4n) is 7.39. The van der Waals surface area contributed by atoms with Crippen molar-refractivity contribution in [2.75, 3.05) is 50.5 Å². The number of ether oxygens (including phenoxy) is 2. The number of fused-ring (bicyclic) bond motifs is 1. The van der Waals surface area contributed by atoms with Gasteiger partial charge in [0.25, 0.3) is 0 Å². The van der Waals surface area contributed by atoms with Crippen LogP contribution in [0, 0.1) is 5.92 Å². The van der Waals surface area contributed by atoms with Gasteiger partial charge in [-0.1, -0.05) is 55.0 Å². The number of pyridine rings is 1. The van der Waals surface area contributed by atoms with Crippen LogP contribution < -0.4 is 4.90 Å². The van der Waals surface area contributed by atoms with Crippen LogP contribution >= 0.6 is 0 Å². The van der Waals surface area contributed by atoms with Crippen molar-refractivity contribution in [2.24, 2.45) is 5.92 Å². The molecule has 2 aliphatic heterocycles. The fourth-order valence-corrected chi connectivity index (χ4v) is 9.07. The lowest BCUT2D eigenvalue weighted by Gasteiger charge is -2.34. The van der Waals surface area contributed by atoms with E-state index in [4.69, 9.17) is 19.6 Å². The maximum Gasteiger partial charge on any atom is 0.410 e. The first-order chi connectivity index (χ1) is 24.3. The number of methoxy groups -OCH3 is 1. The number of carbonyl (C=O) groups excluding carboxylic acids is 2. The Morgan fingerprint density at radius 3 is 2.20 bits per heavy atom. The van der Waals surface area contributed by atoms with Crippen molar-refractivity contribution in [3.05, 3.63) is 83.7 Å². The SMILES string of the molecule is COCC1CCN(c2cc(C(=O)CS(=O)(=O)C3CCN(C(=O)OCc4ccccc4)CC3)nc3c2c(C2CCC2)nn3-c2ccccc2)CC1. The highest BCUT2D eigenvalue weighted by Gasteiger charge is 2.36. The Bertz CT molecular complexity index is 1910. The van der Waals surface area contributed by atoms with E-state index in [1.807, 2.05) is 65.3 Å². The number of hydrogen-bond donors (Lipinski definition) is 0. The summed E-state index contributed by atoms with van der Waals surface area (Å²) in [6.45, 7) is 2.97. The van der Waals surface area contributed by atoms with Crippen molar-refractivity contribution in [1.82, 2.24) is 19.7 Å². The molecular formula is C38H45N5O6S. The Labute approximate surface area is 293 Å². The van der Waals surface area contributed by atoms with Crippen molar-refractivity contribution in [1.29, 1.82) is 0 Å². The number of anilines is 1. The van der Waals surface area contributed by atoms with Crippen LogP contribution in [0.5, 0.6) is 0 Å². The summed E-state index contributed by atoms with van der Waals surface area (Å²) < 4.78 is 40.1. The van der Waals surface area contributed by atoms with Gasteiger partial charge in [-0.25, -0.2) is 22.9 Å². The zero-order valence-electron chi connectivity index (χ0n) is 28.6. The molecule has 12 heteroatoms. The average Bonchev–Trinajstić information content (AvgIpc) is 3.49. The Morgan fingerprint density at radius 2 is 1.56 bits per heavy atom. The molecule has 50 heavy (non-hydrogen) atoms. The summed E-state index contributed by atoms with van der Waals surface area (Å²) in [7, 11) is -2.09. The molecule has 2 aromatic carbocycles. The van der Waals surface area contributed by atoms with E-state index in [1.54, 1.807) is 18.1 Å². The summed E-state index contributed by atoms with van der Waals surface area (Å²) in [4.78, 5) is 35.4. The lowest BCUT2D eigenvalue weighted by molar-refractivity contribution is 0.0895. The molecule has 1 aliphatic carbocycles. The molecule has 1 amide bonds. The van der Waals surface area contributed by atoms with Crippen LogP contribution in [0.2, 0.25) is 0 Å². The second-order valence-corrected chi connectivity index (χ2v) is 16.1. The van der Waals surface area contributed by atoms with E-state index in [1.165, 1.54) is 0 Å². The number of Topliss-reactive ketones (excluding diaryl/α,β-unsaturated/α-hetero) is 1. The van der Waals surface area contributed by atoms with E-state index in [-0.39, 0.29) is 38.2 Å². The first-order valence-corrected chi connectivity index (χ1v) is 19.5. The van der Waals surface area contributed by atoms with Crippen LogP contribution in [-0.2, 0) is 25.9 Å². The quantitative estimate of drug-likeness (QED) is 0.175. The normalized spacial score (nSPS) is 17.9. The van der Waals surface area contributed by atoms with E-state index >= 15 is 0 Å². The standard InChI is InChI=1S/C38H45N5O6S/c1-48-24-28-15-19-41(20-16-28)33-23-32(39-37-35(33)36(29-11-8-12-29)40-43(37)30-13-6-3-7-14-30)34(44)26-50(46,47)31-17-21-42(22-18-31)38(45)49-25-27-9-4-2-5-10-27/h2-7,9-10,13-14,23,28-29,31H,8,11-12,15-22,24-26H2,1H3. The summed E-state index contributed by atoms with van der Waals surface area (Å²) in [6.07, 6.45) is 5.20. The maximum absolute atomic E-state index is 14.0. The highest BCUT2D eigenvalue weighted by atomic mass is 32.2. The molecule has 3 aliphatic rings. The first-order valence-electron chi connectivity index (χ1n) is 17.7. The van der Waals surface area contributed by atoms with Gasteiger partial charge in [-0.15, -0.1) is 0 Å². The molecule has 0 unspecified atom stereocenters. The number of carbonyl (C=O) groups is 2. The third-order valence-electron chi connectivity index (χ3n) is 10.5. The topological polar surface area (TPSA) is 124 Å². The monoisotopic (exact) mass is 699 g/mol. The number of benzene rings is 2. The van der Waals surface area contributed by atoms with Gasteiger partial charge >= 0.3 is 6.09 Å². The third kappa shape index (κ3) is 7.27. The predicted molar refractivity (Wildman–Crippen MR) is 192 cm³/mol. The number of sulfone groups is 1. The van der Waals surface area contributed by atoms with E-state index in [2.05, 4.69) is 4.90 Å². The summed E-state index contributed by atoms with van der Waals surface area (Å²) in [5.74, 6) is -0.385. The molecule has 0 bridgehead atoms. The lowest BCUT2D eigenvalue weighted by Crippen LogP contribution is -2.43. The van der Waals surface area contributed by atoms with Crippen LogP contribution in [0.15, 0.2) is 66.7 Å². The molecular weight excluding hydrogens is 655 g/mol. The van der Waals surface area contributed by atoms with Gasteiger partial charge in [0.1, 0.15) is 18.1 Å². The van der Waals surface area contributed by atoms with Gasteiger partial charge in [-0.2, -0.15) is 5.10 Å². The minimum Gasteiger partial charge on any atom is -0.445 e. The molecule has 0 radical (unpaired) electrons. The van der Waals surface area contributed by atoms with E-state index in [0.717, 1.165) is 73.2 Å². The first kappa shape index (κ1) is 34.2. The largest absolute Gasteiger partial charge is 0.445 e. The van der Waals surface area contributed by atoms with Crippen molar-refractivity contribution >= 4 is 38.4 Å². The Hall–Kier alpha value is -4.29. The highest BCUT2D eigenvalue weighted by molar-refractivity contribution is 7.92. The number of piperidine rings is 2. The number of aromatic nitrogens is 3. The number of likely N-dealkylation sites (tertiary alicyclic amines) is 1. The molecule has 7 rings (SSSR count). The summed E-state index contributed by atoms with van der Waals surface area (Å²) in [6, 6.07) is 21.0. The van der Waals surface area contributed by atoms with Crippen LogP contribution in [0.3, 0.4) is 0 Å². The minimum absolute atomic E-state index is 0.134. The number of rotatable bonds is 11. The van der Waals surface area contributed by atoms with E-state index in [9.17, 15) is 18.0 Å². The summed E-state index contributed by atoms with van der Waals surface area (Å²) >= 11 is 0. The number of para-hydroxylation sites is 1. The number of ketones is 1. The van der Waals surface area contributed by atoms with Crippen LogP contribution in [0.25, 0.3) is 16.7 Å². The Morgan fingerprint density at radius 1 is 0.880 bits per heavy atom. The number of amides is 1. The predicted octanol–water partition coefficient (Wildman–Crippen LogP) is 5.95. The van der Waals surface area contributed by atoms with Gasteiger partial charge in [0.2, 0.25) is 0 Å². The Balaban J connectivity index is 1.13. The maximum atomic E-state index is 14.0. The van der Waals surface area contributed by atoms with Crippen molar-refractivity contribution in [3.8, 4) is 5.69 Å². The third-order valence-corrected chi connectivity index (χ3v) is 12.7. The molecule has 1 saturated carbocycles. The second-order valence-electron chi connectivity index (χ2n) is 13.8. The summed E-state index contributed by atoms with van der Waals surface area (Å²) in [5.41, 5.74) is 4.34. The highest BCUT2D eigenvalue weighted by Crippen LogP contribution is 2.43. The molecule has 264 valence electrons. The zero-order valence-corrected chi connectivity index (χ0v) is 29.4. The number of nitrogens with zero attached hydrogens (tertiary/aromatic N) is 5. The number of hydrogen-bond acceptors (Lipinski definition) is 9. The van der Waals surface area contributed by atoms with Gasteiger partial charge in [0.15, 0.2) is 21.3 Å². The van der Waals surface area contributed by atoms with Crippen molar-refractivity contribution in [3.63, 3.8) is 0 Å².